The van der Waals surface area contributed by atoms with Crippen LogP contribution in [-0.4, -0.2) is 54.4 Å². The summed E-state index contributed by atoms with van der Waals surface area (Å²) < 4.78 is 39.9. The molecule has 0 saturated carbocycles. The van der Waals surface area contributed by atoms with Gasteiger partial charge in [-0.05, 0) is 37.8 Å². The molecule has 0 spiro atoms. The molecule has 2 bridgehead atoms. The number of carbonyl (C=O) groups is 1. The number of rotatable bonds is 2. The molecule has 2 atom stereocenters. The van der Waals surface area contributed by atoms with Crippen LogP contribution in [-0.2, 0) is 0 Å². The molecule has 2 aromatic heterocycles. The van der Waals surface area contributed by atoms with Gasteiger partial charge < -0.3 is 9.80 Å². The van der Waals surface area contributed by atoms with Gasteiger partial charge in [-0.2, -0.15) is 13.2 Å². The molecule has 5 heterocycles. The van der Waals surface area contributed by atoms with E-state index in [0.29, 0.717) is 29.7 Å². The molecule has 7 nitrogen and oxygen atoms in total. The summed E-state index contributed by atoms with van der Waals surface area (Å²) >= 11 is 1.33. The largest absolute Gasteiger partial charge is 0.393 e. The minimum absolute atomic E-state index is 0.0340. The van der Waals surface area contributed by atoms with Gasteiger partial charge in [0.05, 0.1) is 17.6 Å². The average Bonchev–Trinajstić information content (AvgIpc) is 3.26. The number of nitrogens with zero attached hydrogens (tertiary/aromatic N) is 5. The van der Waals surface area contributed by atoms with Crippen LogP contribution >= 0.6 is 11.3 Å². The standard InChI is InChI=1S/C20H23F3N6OS/c21-20(22,23)13-3-1-9-28(11-13)16-6-5-15-17(25-16)29(14-4-2-8-27(15)12-14)19(30)26-18-24-7-10-31-18/h5-7,10,13-14H,1-4,8-9,11-12H2,(H,24,26,30). The van der Waals surface area contributed by atoms with E-state index >= 15 is 0 Å². The highest BCUT2D eigenvalue weighted by Crippen LogP contribution is 2.41. The summed E-state index contributed by atoms with van der Waals surface area (Å²) in [7, 11) is 0. The van der Waals surface area contributed by atoms with Crippen LogP contribution in [0, 0.1) is 5.92 Å². The Balaban J connectivity index is 1.47. The summed E-state index contributed by atoms with van der Waals surface area (Å²) in [4.78, 5) is 27.6. The molecule has 5 rings (SSSR count). The van der Waals surface area contributed by atoms with Crippen molar-refractivity contribution in [2.24, 2.45) is 5.92 Å². The van der Waals surface area contributed by atoms with Crippen LogP contribution in [0.2, 0.25) is 0 Å². The fourth-order valence-electron chi connectivity index (χ4n) is 4.74. The number of amides is 2. The fourth-order valence-corrected chi connectivity index (χ4v) is 5.26. The van der Waals surface area contributed by atoms with Crippen LogP contribution in [0.4, 0.5) is 40.4 Å². The Morgan fingerprint density at radius 2 is 1.94 bits per heavy atom. The monoisotopic (exact) mass is 452 g/mol. The number of halogens is 3. The van der Waals surface area contributed by atoms with Gasteiger partial charge in [0.1, 0.15) is 5.82 Å². The van der Waals surface area contributed by atoms with Gasteiger partial charge in [-0.15, -0.1) is 11.3 Å². The number of fused-ring (bicyclic) bond motifs is 4. The molecule has 166 valence electrons. The minimum atomic E-state index is -4.21. The maximum atomic E-state index is 13.3. The zero-order valence-electron chi connectivity index (χ0n) is 16.8. The SMILES string of the molecule is O=C(Nc1nccs1)N1c2nc(N3CCCC(C(F)(F)F)C3)ccc2N2CCCC1C2. The molecule has 2 unspecified atom stereocenters. The second kappa shape index (κ2) is 7.85. The lowest BCUT2D eigenvalue weighted by molar-refractivity contribution is -0.176. The van der Waals surface area contributed by atoms with E-state index < -0.39 is 12.1 Å². The van der Waals surface area contributed by atoms with Crippen LogP contribution < -0.4 is 20.0 Å². The molecule has 2 fully saturated rings. The molecular weight excluding hydrogens is 429 g/mol. The molecule has 1 N–H and O–H groups in total. The first-order chi connectivity index (χ1) is 14.9. The van der Waals surface area contributed by atoms with Crippen LogP contribution in [0.1, 0.15) is 25.7 Å². The van der Waals surface area contributed by atoms with E-state index in [1.807, 2.05) is 6.07 Å². The van der Waals surface area contributed by atoms with Crippen molar-refractivity contribution in [2.75, 3.05) is 46.2 Å². The normalized spacial score (nSPS) is 23.5. The third-order valence-electron chi connectivity index (χ3n) is 6.24. The lowest BCUT2D eigenvalue weighted by atomic mass is 9.97. The highest BCUT2D eigenvalue weighted by Gasteiger charge is 2.43. The fraction of sp³-hybridized carbons (Fsp3) is 0.550. The zero-order chi connectivity index (χ0) is 21.6. The van der Waals surface area contributed by atoms with E-state index in [1.165, 1.54) is 11.3 Å². The Morgan fingerprint density at radius 1 is 1.13 bits per heavy atom. The maximum Gasteiger partial charge on any atom is 0.393 e. The van der Waals surface area contributed by atoms with Crippen LogP contribution in [0.5, 0.6) is 0 Å². The zero-order valence-corrected chi connectivity index (χ0v) is 17.6. The molecule has 0 aliphatic carbocycles. The lowest BCUT2D eigenvalue weighted by Crippen LogP contribution is -2.56. The van der Waals surface area contributed by atoms with Crippen molar-refractivity contribution < 1.29 is 18.0 Å². The molecule has 2 amide bonds. The average molecular weight is 453 g/mol. The molecule has 3 aliphatic rings. The van der Waals surface area contributed by atoms with E-state index in [2.05, 4.69) is 15.2 Å². The van der Waals surface area contributed by atoms with Crippen LogP contribution in [0.25, 0.3) is 0 Å². The van der Waals surface area contributed by atoms with Crippen LogP contribution in [0.15, 0.2) is 23.7 Å². The second-order valence-corrected chi connectivity index (χ2v) is 9.11. The number of hydrogen-bond donors (Lipinski definition) is 1. The lowest BCUT2D eigenvalue weighted by Gasteiger charge is -2.46. The summed E-state index contributed by atoms with van der Waals surface area (Å²) in [5, 5.41) is 5.12. The van der Waals surface area contributed by atoms with Gasteiger partial charge >= 0.3 is 12.2 Å². The summed E-state index contributed by atoms with van der Waals surface area (Å²) in [5.41, 5.74) is 0.846. The first kappa shape index (κ1) is 20.3. The topological polar surface area (TPSA) is 64.6 Å². The van der Waals surface area contributed by atoms with Crippen molar-refractivity contribution in [3.63, 3.8) is 0 Å². The number of carbonyl (C=O) groups excluding carboxylic acids is 1. The van der Waals surface area contributed by atoms with Gasteiger partial charge in [0, 0.05) is 37.8 Å². The smallest absolute Gasteiger partial charge is 0.366 e. The number of nitrogens with one attached hydrogen (secondary N) is 1. The third kappa shape index (κ3) is 3.90. The van der Waals surface area contributed by atoms with Gasteiger partial charge in [-0.3, -0.25) is 10.2 Å². The summed E-state index contributed by atoms with van der Waals surface area (Å²) in [5.74, 6) is -0.357. The van der Waals surface area contributed by atoms with Crippen molar-refractivity contribution in [3.8, 4) is 0 Å². The van der Waals surface area contributed by atoms with Gasteiger partial charge in [0.25, 0.3) is 0 Å². The van der Waals surface area contributed by atoms with Gasteiger partial charge in [-0.25, -0.2) is 14.8 Å². The molecule has 11 heteroatoms. The number of pyridine rings is 1. The Bertz CT molecular complexity index is 953. The van der Waals surface area contributed by atoms with Crippen molar-refractivity contribution >= 4 is 39.8 Å². The van der Waals surface area contributed by atoms with E-state index in [1.54, 1.807) is 27.4 Å². The van der Waals surface area contributed by atoms with E-state index in [0.717, 1.165) is 31.6 Å². The van der Waals surface area contributed by atoms with Crippen LogP contribution in [0.3, 0.4) is 0 Å². The molecule has 31 heavy (non-hydrogen) atoms. The Labute approximate surface area is 181 Å². The highest BCUT2D eigenvalue weighted by atomic mass is 32.1. The molecule has 0 aromatic carbocycles. The third-order valence-corrected chi connectivity index (χ3v) is 6.93. The predicted octanol–water partition coefficient (Wildman–Crippen LogP) is 4.34. The predicted molar refractivity (Wildman–Crippen MR) is 114 cm³/mol. The van der Waals surface area contributed by atoms with Gasteiger partial charge in [-0.1, -0.05) is 0 Å². The number of thiazole rings is 1. The van der Waals surface area contributed by atoms with Crippen molar-refractivity contribution in [3.05, 3.63) is 23.7 Å². The number of piperidine rings is 2. The Morgan fingerprint density at radius 3 is 2.71 bits per heavy atom. The Kier molecular flexibility index (Phi) is 5.15. The molecule has 2 aromatic rings. The molecule has 3 aliphatic heterocycles. The van der Waals surface area contributed by atoms with Crippen molar-refractivity contribution in [2.45, 2.75) is 37.9 Å². The highest BCUT2D eigenvalue weighted by molar-refractivity contribution is 7.13. The summed E-state index contributed by atoms with van der Waals surface area (Å²) in [6, 6.07) is 3.33. The van der Waals surface area contributed by atoms with Gasteiger partial charge in [0.2, 0.25) is 0 Å². The first-order valence-corrected chi connectivity index (χ1v) is 11.4. The maximum absolute atomic E-state index is 13.3. The van der Waals surface area contributed by atoms with Gasteiger partial charge in [0.15, 0.2) is 10.9 Å². The number of urea groups is 1. The summed E-state index contributed by atoms with van der Waals surface area (Å²) in [6.07, 6.45) is -0.167. The summed E-state index contributed by atoms with van der Waals surface area (Å²) in [6.45, 7) is 2.02. The van der Waals surface area contributed by atoms with E-state index in [9.17, 15) is 18.0 Å². The van der Waals surface area contributed by atoms with E-state index in [-0.39, 0.29) is 25.0 Å². The number of anilines is 4. The number of hydrogen-bond acceptors (Lipinski definition) is 6. The molecule has 2 saturated heterocycles. The second-order valence-electron chi connectivity index (χ2n) is 8.22. The Hall–Kier alpha value is -2.56. The molecular formula is C20H23F3N6OS. The first-order valence-electron chi connectivity index (χ1n) is 10.5. The number of aromatic nitrogens is 2. The minimum Gasteiger partial charge on any atom is -0.366 e. The molecule has 0 radical (unpaired) electrons. The van der Waals surface area contributed by atoms with Crippen molar-refractivity contribution in [1.82, 2.24) is 9.97 Å². The number of alkyl halides is 3. The van der Waals surface area contributed by atoms with E-state index in [4.69, 9.17) is 4.98 Å². The quantitative estimate of drug-likeness (QED) is 0.735. The van der Waals surface area contributed by atoms with Crippen molar-refractivity contribution in [1.29, 1.82) is 0 Å².